The largest absolute Gasteiger partial charge is 0.508 e. The van der Waals surface area contributed by atoms with E-state index in [4.69, 9.17) is 29.4 Å². The lowest BCUT2D eigenvalue weighted by molar-refractivity contribution is 0.190. The molecule has 1 saturated carbocycles. The summed E-state index contributed by atoms with van der Waals surface area (Å²) in [7, 11) is 0. The number of nitrogens with one attached hydrogen (secondary N) is 1. The van der Waals surface area contributed by atoms with E-state index in [1.807, 2.05) is 0 Å². The number of ether oxygens (including phenoxy) is 1. The molecule has 2 N–H and O–H groups in total. The molecule has 7 rings (SSSR count). The Morgan fingerprint density at radius 1 is 1.24 bits per heavy atom. The first-order valence-electron chi connectivity index (χ1n) is 16.8. The Morgan fingerprint density at radius 2 is 2.05 bits per heavy atom. The van der Waals surface area contributed by atoms with Crippen LogP contribution in [0.25, 0.3) is 21.9 Å². The highest BCUT2D eigenvalue weighted by Gasteiger charge is 2.44. The molecule has 9 nitrogen and oxygen atoms in total. The average Bonchev–Trinajstić information content (AvgIpc) is 3.54. The number of benzene rings is 2. The van der Waals surface area contributed by atoms with Crippen molar-refractivity contribution in [3.63, 3.8) is 0 Å². The second-order valence-corrected chi connectivity index (χ2v) is 11.6. The standard InChI is InChI=1S/C31H34FN7O2/c1-4-24-25(32)8-5-19-11-23(40)12-20(26(19)24)13-39-18-33-27-28(39)35-30(38-14-21-6-7-22(15-38)34-21)36-29(27)41-17-31(9-10-31)16-37(2)3/h1,5,8,11-12,18,21-22,34,40H,6-7,9-10,13-17H2,2-3H3/t21-,22+/i2D3,3D3. The van der Waals surface area contributed by atoms with Crippen molar-refractivity contribution in [3.8, 4) is 24.0 Å². The number of aromatic nitrogens is 4. The van der Waals surface area contributed by atoms with Gasteiger partial charge in [0.15, 0.2) is 11.2 Å². The highest BCUT2D eigenvalue weighted by molar-refractivity contribution is 5.92. The second-order valence-electron chi connectivity index (χ2n) is 11.6. The van der Waals surface area contributed by atoms with E-state index in [1.165, 1.54) is 12.1 Å². The van der Waals surface area contributed by atoms with Gasteiger partial charge in [-0.15, -0.1) is 6.42 Å². The lowest BCUT2D eigenvalue weighted by Gasteiger charge is -2.33. The number of halogens is 1. The van der Waals surface area contributed by atoms with Crippen molar-refractivity contribution in [1.29, 1.82) is 0 Å². The fourth-order valence-electron chi connectivity index (χ4n) is 6.27. The monoisotopic (exact) mass is 561 g/mol. The van der Waals surface area contributed by atoms with Crippen molar-refractivity contribution in [2.24, 2.45) is 5.41 Å². The summed E-state index contributed by atoms with van der Waals surface area (Å²) in [5.74, 6) is 2.55. The molecular formula is C31H34FN7O2. The van der Waals surface area contributed by atoms with E-state index in [0.717, 1.165) is 12.8 Å². The predicted octanol–water partition coefficient (Wildman–Crippen LogP) is 3.52. The third-order valence-electron chi connectivity index (χ3n) is 8.50. The number of imidazole rings is 1. The van der Waals surface area contributed by atoms with Gasteiger partial charge in [-0.1, -0.05) is 12.0 Å². The molecule has 2 aliphatic heterocycles. The van der Waals surface area contributed by atoms with Gasteiger partial charge < -0.3 is 29.5 Å². The summed E-state index contributed by atoms with van der Waals surface area (Å²) in [4.78, 5) is 17.0. The van der Waals surface area contributed by atoms with Gasteiger partial charge in [0.2, 0.25) is 11.8 Å². The fourth-order valence-corrected chi connectivity index (χ4v) is 6.27. The molecule has 3 aliphatic rings. The molecular weight excluding hydrogens is 521 g/mol. The molecule has 0 spiro atoms. The molecule has 2 saturated heterocycles. The topological polar surface area (TPSA) is 91.6 Å². The Morgan fingerprint density at radius 3 is 2.78 bits per heavy atom. The van der Waals surface area contributed by atoms with E-state index in [2.05, 4.69) is 21.1 Å². The maximum atomic E-state index is 14.8. The molecule has 0 unspecified atom stereocenters. The zero-order chi connectivity index (χ0) is 33.3. The van der Waals surface area contributed by atoms with Crippen molar-refractivity contribution in [3.05, 3.63) is 47.5 Å². The van der Waals surface area contributed by atoms with E-state index in [9.17, 15) is 9.50 Å². The lowest BCUT2D eigenvalue weighted by Crippen LogP contribution is -2.51. The summed E-state index contributed by atoms with van der Waals surface area (Å²) in [6, 6.07) is 6.53. The Balaban J connectivity index is 1.26. The van der Waals surface area contributed by atoms with Gasteiger partial charge >= 0.3 is 0 Å². The van der Waals surface area contributed by atoms with Crippen molar-refractivity contribution in [2.45, 2.75) is 44.3 Å². The zero-order valence-electron chi connectivity index (χ0n) is 28.4. The number of anilines is 1. The van der Waals surface area contributed by atoms with Crippen LogP contribution in [0.1, 0.15) is 45.0 Å². The van der Waals surface area contributed by atoms with Crippen LogP contribution in [0, 0.1) is 23.6 Å². The first kappa shape index (κ1) is 20.0. The van der Waals surface area contributed by atoms with Gasteiger partial charge in [0.1, 0.15) is 11.6 Å². The maximum absolute atomic E-state index is 14.8. The van der Waals surface area contributed by atoms with Crippen LogP contribution in [0.5, 0.6) is 11.6 Å². The van der Waals surface area contributed by atoms with Crippen LogP contribution in [-0.4, -0.2) is 81.8 Å². The Hall–Kier alpha value is -3.94. The molecule has 4 aromatic rings. The van der Waals surface area contributed by atoms with E-state index in [0.29, 0.717) is 76.4 Å². The number of rotatable bonds is 8. The van der Waals surface area contributed by atoms with Gasteiger partial charge in [-0.05, 0) is 68.8 Å². The summed E-state index contributed by atoms with van der Waals surface area (Å²) in [5.41, 5.74) is 0.797. The Bertz CT molecular complexity index is 1880. The van der Waals surface area contributed by atoms with E-state index < -0.39 is 25.2 Å². The van der Waals surface area contributed by atoms with Gasteiger partial charge in [0.25, 0.3) is 0 Å². The number of nitrogens with zero attached hydrogens (tertiary/aromatic N) is 6. The molecule has 2 aromatic heterocycles. The molecule has 2 bridgehead atoms. The second kappa shape index (κ2) is 9.86. The van der Waals surface area contributed by atoms with Crippen molar-refractivity contribution < 1.29 is 22.5 Å². The molecule has 212 valence electrons. The Labute approximate surface area is 246 Å². The first-order chi connectivity index (χ1) is 22.2. The van der Waals surface area contributed by atoms with Gasteiger partial charge in [-0.2, -0.15) is 9.97 Å². The molecule has 41 heavy (non-hydrogen) atoms. The minimum Gasteiger partial charge on any atom is -0.508 e. The summed E-state index contributed by atoms with van der Waals surface area (Å²) < 4.78 is 69.6. The van der Waals surface area contributed by atoms with Gasteiger partial charge in [0.05, 0.1) is 25.0 Å². The molecule has 3 fully saturated rings. The number of hydrogen-bond acceptors (Lipinski definition) is 8. The van der Waals surface area contributed by atoms with E-state index in [-0.39, 0.29) is 36.9 Å². The van der Waals surface area contributed by atoms with E-state index >= 15 is 0 Å². The molecule has 0 amide bonds. The van der Waals surface area contributed by atoms with Crippen LogP contribution in [0.4, 0.5) is 10.3 Å². The summed E-state index contributed by atoms with van der Waals surface area (Å²) in [5, 5.41) is 15.2. The summed E-state index contributed by atoms with van der Waals surface area (Å²) in [6.45, 7) is -4.18. The fraction of sp³-hybridized carbons (Fsp3) is 0.452. The molecule has 2 aromatic carbocycles. The normalized spacial score (nSPS) is 23.9. The average molecular weight is 562 g/mol. The van der Waals surface area contributed by atoms with Crippen LogP contribution in [-0.2, 0) is 6.54 Å². The smallest absolute Gasteiger partial charge is 0.247 e. The number of piperazine rings is 1. The van der Waals surface area contributed by atoms with Crippen molar-refractivity contribution >= 4 is 27.9 Å². The van der Waals surface area contributed by atoms with Crippen LogP contribution < -0.4 is 15.0 Å². The molecule has 2 atom stereocenters. The van der Waals surface area contributed by atoms with E-state index in [1.54, 1.807) is 23.0 Å². The third-order valence-corrected chi connectivity index (χ3v) is 8.50. The third kappa shape index (κ3) is 4.83. The van der Waals surface area contributed by atoms with Gasteiger partial charge in [-0.3, -0.25) is 0 Å². The number of fused-ring (bicyclic) bond motifs is 4. The lowest BCUT2D eigenvalue weighted by atomic mass is 9.98. The number of phenolic OH excluding ortho intramolecular Hbond substituents is 1. The SMILES string of the molecule is [2H]C([2H])([2H])N(CC1(COc2nc(N3C[C@H]4CC[C@@H](C3)N4)nc3c2ncn3Cc2cc(O)cc3ccc(F)c(C#C)c23)CC1)C([2H])([2H])[2H]. The number of hydrogen-bond donors (Lipinski definition) is 2. The van der Waals surface area contributed by atoms with Crippen LogP contribution >= 0.6 is 0 Å². The number of aromatic hydroxyl groups is 1. The quantitative estimate of drug-likeness (QED) is 0.316. The minimum atomic E-state index is -2.80. The predicted molar refractivity (Wildman–Crippen MR) is 156 cm³/mol. The van der Waals surface area contributed by atoms with Crippen LogP contribution in [0.2, 0.25) is 0 Å². The van der Waals surface area contributed by atoms with Crippen LogP contribution in [0.15, 0.2) is 30.6 Å². The van der Waals surface area contributed by atoms with Crippen molar-refractivity contribution in [1.82, 2.24) is 29.7 Å². The Kier molecular flexibility index (Phi) is 4.81. The molecule has 0 radical (unpaired) electrons. The molecule has 4 heterocycles. The number of phenols is 1. The highest BCUT2D eigenvalue weighted by atomic mass is 19.1. The zero-order valence-corrected chi connectivity index (χ0v) is 22.4. The highest BCUT2D eigenvalue weighted by Crippen LogP contribution is 2.46. The minimum absolute atomic E-state index is 0.0000171. The van der Waals surface area contributed by atoms with Gasteiger partial charge in [0, 0.05) is 50.7 Å². The number of terminal acetylenes is 1. The molecule has 1 aliphatic carbocycles. The summed E-state index contributed by atoms with van der Waals surface area (Å²) in [6.07, 6.45) is 10.6. The van der Waals surface area contributed by atoms with Crippen molar-refractivity contribution in [2.75, 3.05) is 45.1 Å². The van der Waals surface area contributed by atoms with Gasteiger partial charge in [-0.25, -0.2) is 9.37 Å². The molecule has 10 heteroatoms. The maximum Gasteiger partial charge on any atom is 0.247 e. The first-order valence-corrected chi connectivity index (χ1v) is 13.8. The van der Waals surface area contributed by atoms with Crippen LogP contribution in [0.3, 0.4) is 0 Å². The summed E-state index contributed by atoms with van der Waals surface area (Å²) >= 11 is 0.